The molecule has 2 aliphatic rings. The number of likely N-dealkylation sites (tertiary alicyclic amines) is 2. The van der Waals surface area contributed by atoms with E-state index >= 15 is 0 Å². The Balaban J connectivity index is 1.49. The number of carbonyl (C=O) groups excluding carboxylic acids is 1. The van der Waals surface area contributed by atoms with E-state index in [0.29, 0.717) is 29.3 Å². The van der Waals surface area contributed by atoms with E-state index in [9.17, 15) is 10.1 Å². The maximum Gasteiger partial charge on any atom is 0.222 e. The first-order chi connectivity index (χ1) is 13.7. The molecule has 146 valence electrons. The molecule has 0 radical (unpaired) electrons. The van der Waals surface area contributed by atoms with Crippen LogP contribution in [0, 0.1) is 17.2 Å². The number of nitriles is 1. The molecule has 1 amide bonds. The first kappa shape index (κ1) is 18.8. The third kappa shape index (κ3) is 3.85. The predicted molar refractivity (Wildman–Crippen MR) is 108 cm³/mol. The van der Waals surface area contributed by atoms with E-state index in [1.54, 1.807) is 12.4 Å². The minimum Gasteiger partial charge on any atom is -0.342 e. The summed E-state index contributed by atoms with van der Waals surface area (Å²) in [5, 5.41) is 9.35. The number of amides is 1. The van der Waals surface area contributed by atoms with Crippen molar-refractivity contribution in [1.82, 2.24) is 19.8 Å². The number of hydrogen-bond donors (Lipinski definition) is 0. The van der Waals surface area contributed by atoms with Crippen molar-refractivity contribution in [2.75, 3.05) is 33.2 Å². The fourth-order valence-corrected chi connectivity index (χ4v) is 4.60. The smallest absolute Gasteiger partial charge is 0.222 e. The van der Waals surface area contributed by atoms with E-state index in [1.807, 2.05) is 17.0 Å². The van der Waals surface area contributed by atoms with Crippen LogP contribution in [0.3, 0.4) is 0 Å². The van der Waals surface area contributed by atoms with Gasteiger partial charge in [-0.3, -0.25) is 14.8 Å². The van der Waals surface area contributed by atoms with E-state index < -0.39 is 0 Å². The summed E-state index contributed by atoms with van der Waals surface area (Å²) in [5.74, 6) is 1.07. The van der Waals surface area contributed by atoms with Gasteiger partial charge in [0.1, 0.15) is 11.6 Å². The molecule has 3 heterocycles. The molecule has 28 heavy (non-hydrogen) atoms. The number of fused-ring (bicyclic) bond motifs is 1. The first-order valence-corrected chi connectivity index (χ1v) is 10.3. The highest BCUT2D eigenvalue weighted by Gasteiger charge is 2.28. The zero-order chi connectivity index (χ0) is 19.5. The third-order valence-corrected chi connectivity index (χ3v) is 6.29. The van der Waals surface area contributed by atoms with Gasteiger partial charge in [-0.1, -0.05) is 6.07 Å². The lowest BCUT2D eigenvalue weighted by atomic mass is 9.88. The van der Waals surface area contributed by atoms with Gasteiger partial charge in [0.05, 0.1) is 11.1 Å². The summed E-state index contributed by atoms with van der Waals surface area (Å²) in [6.07, 6.45) is 8.27. The molecule has 6 nitrogen and oxygen atoms in total. The molecule has 1 unspecified atom stereocenters. The molecule has 1 aromatic heterocycles. The second-order valence-corrected chi connectivity index (χ2v) is 8.20. The van der Waals surface area contributed by atoms with Crippen molar-refractivity contribution in [3.8, 4) is 6.07 Å². The highest BCUT2D eigenvalue weighted by atomic mass is 16.2. The lowest BCUT2D eigenvalue weighted by Gasteiger charge is -2.35. The number of nitrogens with zero attached hydrogens (tertiary/aromatic N) is 5. The molecule has 1 atom stereocenters. The normalized spacial score (nSPS) is 21.6. The summed E-state index contributed by atoms with van der Waals surface area (Å²) >= 11 is 0. The molecule has 2 aromatic rings. The summed E-state index contributed by atoms with van der Waals surface area (Å²) in [6.45, 7) is 3.78. The number of hydrogen-bond acceptors (Lipinski definition) is 5. The van der Waals surface area contributed by atoms with Crippen LogP contribution in [0.4, 0.5) is 0 Å². The SMILES string of the molecule is CN1CCC(CC(=O)N2CCCC(c3ccc(C#N)c4nccnc34)C2)CC1. The number of aromatic nitrogens is 2. The topological polar surface area (TPSA) is 73.1 Å². The van der Waals surface area contributed by atoms with E-state index in [2.05, 4.69) is 28.0 Å². The second kappa shape index (κ2) is 8.24. The van der Waals surface area contributed by atoms with Crippen molar-refractivity contribution >= 4 is 16.9 Å². The molecule has 0 saturated carbocycles. The molecular formula is C22H27N5O. The van der Waals surface area contributed by atoms with Crippen molar-refractivity contribution in [2.45, 2.75) is 38.0 Å². The quantitative estimate of drug-likeness (QED) is 0.822. The van der Waals surface area contributed by atoms with Crippen LogP contribution in [-0.2, 0) is 4.79 Å². The lowest BCUT2D eigenvalue weighted by Crippen LogP contribution is -2.41. The number of benzene rings is 1. The first-order valence-electron chi connectivity index (χ1n) is 10.3. The van der Waals surface area contributed by atoms with Gasteiger partial charge < -0.3 is 9.80 Å². The maximum absolute atomic E-state index is 12.9. The van der Waals surface area contributed by atoms with Crippen LogP contribution in [-0.4, -0.2) is 58.9 Å². The number of carbonyl (C=O) groups is 1. The van der Waals surface area contributed by atoms with E-state index in [-0.39, 0.29) is 5.92 Å². The van der Waals surface area contributed by atoms with Crippen LogP contribution in [0.15, 0.2) is 24.5 Å². The van der Waals surface area contributed by atoms with E-state index in [4.69, 9.17) is 0 Å². The number of piperidine rings is 2. The molecule has 0 spiro atoms. The zero-order valence-corrected chi connectivity index (χ0v) is 16.5. The molecule has 6 heteroatoms. The Morgan fingerprint density at radius 1 is 1.14 bits per heavy atom. The van der Waals surface area contributed by atoms with Crippen molar-refractivity contribution in [2.24, 2.45) is 5.92 Å². The molecule has 4 rings (SSSR count). The van der Waals surface area contributed by atoms with Gasteiger partial charge in [0, 0.05) is 37.8 Å². The Morgan fingerprint density at radius 3 is 2.64 bits per heavy atom. The van der Waals surface area contributed by atoms with Crippen LogP contribution in [0.1, 0.15) is 49.1 Å². The largest absolute Gasteiger partial charge is 0.342 e. The van der Waals surface area contributed by atoms with Gasteiger partial charge in [0.25, 0.3) is 0 Å². The van der Waals surface area contributed by atoms with Crippen molar-refractivity contribution in [3.05, 3.63) is 35.7 Å². The summed E-state index contributed by atoms with van der Waals surface area (Å²) in [4.78, 5) is 26.2. The van der Waals surface area contributed by atoms with Crippen LogP contribution >= 0.6 is 0 Å². The monoisotopic (exact) mass is 377 g/mol. The Kier molecular flexibility index (Phi) is 5.54. The molecule has 2 aliphatic heterocycles. The predicted octanol–water partition coefficient (Wildman–Crippen LogP) is 2.94. The van der Waals surface area contributed by atoms with Crippen LogP contribution < -0.4 is 0 Å². The van der Waals surface area contributed by atoms with Gasteiger partial charge in [-0.25, -0.2) is 0 Å². The molecule has 2 saturated heterocycles. The average Bonchev–Trinajstić information content (AvgIpc) is 2.74. The average molecular weight is 377 g/mol. The van der Waals surface area contributed by atoms with Gasteiger partial charge >= 0.3 is 0 Å². The van der Waals surface area contributed by atoms with Gasteiger partial charge in [0.15, 0.2) is 0 Å². The van der Waals surface area contributed by atoms with Gasteiger partial charge in [-0.15, -0.1) is 0 Å². The fraction of sp³-hybridized carbons (Fsp3) is 0.545. The molecule has 0 bridgehead atoms. The summed E-state index contributed by atoms with van der Waals surface area (Å²) in [5.41, 5.74) is 3.13. The van der Waals surface area contributed by atoms with Gasteiger partial charge in [-0.05, 0) is 63.4 Å². The maximum atomic E-state index is 12.9. The standard InChI is InChI=1S/C22H27N5O/c1-26-11-6-16(7-12-26)13-20(28)27-10-2-3-18(15-27)19-5-4-17(14-23)21-22(19)25-9-8-24-21/h4-5,8-9,16,18H,2-3,6-7,10-13,15H2,1H3. The van der Waals surface area contributed by atoms with Gasteiger partial charge in [-0.2, -0.15) is 5.26 Å². The van der Waals surface area contributed by atoms with Crippen LogP contribution in [0.2, 0.25) is 0 Å². The minimum absolute atomic E-state index is 0.252. The van der Waals surface area contributed by atoms with Crippen LogP contribution in [0.5, 0.6) is 0 Å². The lowest BCUT2D eigenvalue weighted by molar-refractivity contribution is -0.133. The Bertz CT molecular complexity index is 897. The summed E-state index contributed by atoms with van der Waals surface area (Å²) < 4.78 is 0. The Labute approximate surface area is 166 Å². The number of rotatable bonds is 3. The fourth-order valence-electron chi connectivity index (χ4n) is 4.60. The summed E-state index contributed by atoms with van der Waals surface area (Å²) in [7, 11) is 2.15. The molecular weight excluding hydrogens is 350 g/mol. The van der Waals surface area contributed by atoms with Crippen LogP contribution in [0.25, 0.3) is 11.0 Å². The third-order valence-electron chi connectivity index (χ3n) is 6.29. The van der Waals surface area contributed by atoms with Gasteiger partial charge in [0.2, 0.25) is 5.91 Å². The highest BCUT2D eigenvalue weighted by Crippen LogP contribution is 2.32. The highest BCUT2D eigenvalue weighted by molar-refractivity contribution is 5.84. The minimum atomic E-state index is 0.252. The molecule has 2 fully saturated rings. The van der Waals surface area contributed by atoms with Crippen molar-refractivity contribution < 1.29 is 4.79 Å². The molecule has 0 aliphatic carbocycles. The zero-order valence-electron chi connectivity index (χ0n) is 16.5. The Morgan fingerprint density at radius 2 is 1.89 bits per heavy atom. The molecule has 1 aromatic carbocycles. The summed E-state index contributed by atoms with van der Waals surface area (Å²) in [6, 6.07) is 6.05. The van der Waals surface area contributed by atoms with E-state index in [1.165, 1.54) is 0 Å². The van der Waals surface area contributed by atoms with Crippen molar-refractivity contribution in [3.63, 3.8) is 0 Å². The van der Waals surface area contributed by atoms with E-state index in [0.717, 1.165) is 62.9 Å². The Hall–Kier alpha value is -2.52. The molecule has 0 N–H and O–H groups in total. The second-order valence-electron chi connectivity index (χ2n) is 8.20. The van der Waals surface area contributed by atoms with Crippen molar-refractivity contribution in [1.29, 1.82) is 5.26 Å².